The molecule has 0 fully saturated rings. The van der Waals surface area contributed by atoms with Crippen molar-refractivity contribution in [3.8, 4) is 0 Å². The van der Waals surface area contributed by atoms with Crippen LogP contribution in [0.15, 0.2) is 48.5 Å². The van der Waals surface area contributed by atoms with Crippen molar-refractivity contribution in [2.75, 3.05) is 19.8 Å². The summed E-state index contributed by atoms with van der Waals surface area (Å²) in [4.78, 5) is 0. The number of hydrogen-bond acceptors (Lipinski definition) is 4. The molecule has 0 radical (unpaired) electrons. The quantitative estimate of drug-likeness (QED) is 0.598. The first kappa shape index (κ1) is 23.6. The van der Waals surface area contributed by atoms with Gasteiger partial charge in [-0.25, -0.2) is 0 Å². The summed E-state index contributed by atoms with van der Waals surface area (Å²) in [7, 11) is 0. The molecule has 0 aliphatic rings. The topological polar surface area (TPSA) is 80.9 Å². The van der Waals surface area contributed by atoms with E-state index in [1.54, 1.807) is 12.1 Å². The van der Waals surface area contributed by atoms with Gasteiger partial charge in [0.2, 0.25) is 0 Å². The second kappa shape index (κ2) is 8.19. The minimum atomic E-state index is -1.78. The largest absolute Gasteiger partial charge is 0.395 e. The second-order valence-corrected chi connectivity index (χ2v) is 10.1. The van der Waals surface area contributed by atoms with Crippen LogP contribution in [0.25, 0.3) is 0 Å². The maximum absolute atomic E-state index is 12.2. The van der Waals surface area contributed by atoms with Gasteiger partial charge in [-0.3, -0.25) is 0 Å². The van der Waals surface area contributed by atoms with E-state index in [0.29, 0.717) is 11.1 Å². The van der Waals surface area contributed by atoms with Gasteiger partial charge < -0.3 is 20.4 Å². The molecule has 0 bridgehead atoms. The molecule has 4 nitrogen and oxygen atoms in total. The number of aliphatic hydroxyl groups is 4. The second-order valence-electron chi connectivity index (χ2n) is 10.1. The summed E-state index contributed by atoms with van der Waals surface area (Å²) in [6.07, 6.45) is 0. The molecule has 0 unspecified atom stereocenters. The average molecular weight is 401 g/mol. The fourth-order valence-electron chi connectivity index (χ4n) is 3.69. The molecule has 160 valence electrons. The van der Waals surface area contributed by atoms with Crippen LogP contribution < -0.4 is 0 Å². The fourth-order valence-corrected chi connectivity index (χ4v) is 3.69. The van der Waals surface area contributed by atoms with E-state index >= 15 is 0 Å². The van der Waals surface area contributed by atoms with E-state index < -0.39 is 30.8 Å². The predicted molar refractivity (Wildman–Crippen MR) is 117 cm³/mol. The van der Waals surface area contributed by atoms with Crippen LogP contribution in [0, 0.1) is 5.41 Å². The smallest absolute Gasteiger partial charge is 0.127 e. The zero-order chi connectivity index (χ0) is 22.1. The lowest BCUT2D eigenvalue weighted by Gasteiger charge is -2.45. The molecule has 0 aromatic heterocycles. The van der Waals surface area contributed by atoms with Crippen molar-refractivity contribution in [1.29, 1.82) is 0 Å². The van der Waals surface area contributed by atoms with E-state index in [1.807, 2.05) is 36.4 Å². The molecule has 2 aromatic rings. The molecule has 0 saturated carbocycles. The van der Waals surface area contributed by atoms with Crippen LogP contribution in [-0.2, 0) is 16.4 Å². The minimum Gasteiger partial charge on any atom is -0.395 e. The predicted octanol–water partition coefficient (Wildman–Crippen LogP) is 3.48. The first-order chi connectivity index (χ1) is 13.4. The maximum Gasteiger partial charge on any atom is 0.127 e. The highest BCUT2D eigenvalue weighted by molar-refractivity contribution is 5.44. The molecule has 0 spiro atoms. The zero-order valence-electron chi connectivity index (χ0n) is 18.5. The van der Waals surface area contributed by atoms with Gasteiger partial charge in [-0.2, -0.15) is 0 Å². The molecule has 4 N–H and O–H groups in total. The van der Waals surface area contributed by atoms with Gasteiger partial charge in [0.1, 0.15) is 5.60 Å². The van der Waals surface area contributed by atoms with E-state index in [1.165, 1.54) is 0 Å². The third-order valence-electron chi connectivity index (χ3n) is 5.97. The first-order valence-corrected chi connectivity index (χ1v) is 10.1. The number of benzene rings is 2. The van der Waals surface area contributed by atoms with E-state index in [9.17, 15) is 20.4 Å². The minimum absolute atomic E-state index is 0.148. The summed E-state index contributed by atoms with van der Waals surface area (Å²) in [5.41, 5.74) is -0.532. The van der Waals surface area contributed by atoms with Crippen LogP contribution in [0.3, 0.4) is 0 Å². The van der Waals surface area contributed by atoms with Crippen LogP contribution in [0.1, 0.15) is 63.8 Å². The van der Waals surface area contributed by atoms with Crippen LogP contribution in [0.5, 0.6) is 0 Å². The highest BCUT2D eigenvalue weighted by Crippen LogP contribution is 2.46. The fraction of sp³-hybridized carbons (Fsp3) is 0.520. The Balaban J connectivity index is 2.86. The van der Waals surface area contributed by atoms with Crippen molar-refractivity contribution >= 4 is 0 Å². The molecule has 2 rings (SSSR count). The van der Waals surface area contributed by atoms with Crippen LogP contribution in [0.4, 0.5) is 0 Å². The summed E-state index contributed by atoms with van der Waals surface area (Å²) in [5.74, 6) is 0. The Bertz CT molecular complexity index is 757. The lowest BCUT2D eigenvalue weighted by atomic mass is 9.64. The summed E-state index contributed by atoms with van der Waals surface area (Å²) in [6.45, 7) is 10.8. The first-order valence-electron chi connectivity index (χ1n) is 10.1. The van der Waals surface area contributed by atoms with Gasteiger partial charge >= 0.3 is 0 Å². The van der Waals surface area contributed by atoms with E-state index in [0.717, 1.165) is 11.1 Å². The van der Waals surface area contributed by atoms with Crippen molar-refractivity contribution in [3.63, 3.8) is 0 Å². The van der Waals surface area contributed by atoms with E-state index in [-0.39, 0.29) is 10.8 Å². The van der Waals surface area contributed by atoms with Gasteiger partial charge in [0.25, 0.3) is 0 Å². The Labute approximate surface area is 174 Å². The summed E-state index contributed by atoms with van der Waals surface area (Å²) < 4.78 is 0. The Kier molecular flexibility index (Phi) is 6.65. The molecule has 0 aliphatic carbocycles. The molecule has 29 heavy (non-hydrogen) atoms. The van der Waals surface area contributed by atoms with Gasteiger partial charge in [-0.1, -0.05) is 90.1 Å². The number of hydrogen-bond donors (Lipinski definition) is 4. The van der Waals surface area contributed by atoms with Crippen molar-refractivity contribution in [2.24, 2.45) is 5.41 Å². The third-order valence-corrected chi connectivity index (χ3v) is 5.97. The van der Waals surface area contributed by atoms with Gasteiger partial charge in [-0.05, 0) is 33.1 Å². The summed E-state index contributed by atoms with van der Waals surface area (Å²) in [5, 5.41) is 42.8. The summed E-state index contributed by atoms with van der Waals surface area (Å²) >= 11 is 0. The molecule has 0 saturated heterocycles. The number of rotatable bonds is 6. The number of aliphatic hydroxyl groups excluding tert-OH is 3. The highest BCUT2D eigenvalue weighted by atomic mass is 16.3. The van der Waals surface area contributed by atoms with Crippen LogP contribution in [0.2, 0.25) is 0 Å². The molecule has 2 aromatic carbocycles. The van der Waals surface area contributed by atoms with Crippen molar-refractivity contribution in [3.05, 3.63) is 70.8 Å². The Morgan fingerprint density at radius 2 is 0.897 bits per heavy atom. The lowest BCUT2D eigenvalue weighted by Crippen LogP contribution is -2.54. The van der Waals surface area contributed by atoms with Gasteiger partial charge in [0, 0.05) is 0 Å². The molecular weight excluding hydrogens is 364 g/mol. The van der Waals surface area contributed by atoms with Gasteiger partial charge in [0.15, 0.2) is 0 Å². The SMILES string of the molecule is CC(C)(C)c1cccc(C(O)(c2cccc(C(C)(C)C)c2)C(CO)(CO)CO)c1. The molecule has 0 aliphatic heterocycles. The van der Waals surface area contributed by atoms with E-state index in [2.05, 4.69) is 41.5 Å². The Morgan fingerprint density at radius 3 is 1.17 bits per heavy atom. The standard InChI is InChI=1S/C25H36O4/c1-22(2,3)18-9-7-11-20(13-18)25(29,24(15-26,16-27)17-28)21-12-8-10-19(14-21)23(4,5)6/h7-14,26-29H,15-17H2,1-6H3. The average Bonchev–Trinajstić information content (AvgIpc) is 2.68. The summed E-state index contributed by atoms with van der Waals surface area (Å²) in [6, 6.07) is 15.1. The molecule has 0 atom stereocenters. The molecule has 0 heterocycles. The molecular formula is C25H36O4. The maximum atomic E-state index is 12.2. The van der Waals surface area contributed by atoms with E-state index in [4.69, 9.17) is 0 Å². The molecule has 4 heteroatoms. The lowest BCUT2D eigenvalue weighted by molar-refractivity contribution is -0.136. The van der Waals surface area contributed by atoms with Crippen molar-refractivity contribution in [2.45, 2.75) is 58.0 Å². The third kappa shape index (κ3) is 4.26. The van der Waals surface area contributed by atoms with Gasteiger partial charge in [-0.15, -0.1) is 0 Å². The van der Waals surface area contributed by atoms with Crippen molar-refractivity contribution < 1.29 is 20.4 Å². The highest BCUT2D eigenvalue weighted by Gasteiger charge is 2.52. The monoisotopic (exact) mass is 400 g/mol. The Morgan fingerprint density at radius 1 is 0.586 bits per heavy atom. The van der Waals surface area contributed by atoms with Gasteiger partial charge in [0.05, 0.1) is 25.2 Å². The molecule has 0 amide bonds. The normalized spacial score (nSPS) is 13.6. The van der Waals surface area contributed by atoms with Crippen LogP contribution >= 0.6 is 0 Å². The Hall–Kier alpha value is -1.72. The van der Waals surface area contributed by atoms with Crippen LogP contribution in [-0.4, -0.2) is 40.2 Å². The van der Waals surface area contributed by atoms with Crippen molar-refractivity contribution in [1.82, 2.24) is 0 Å². The zero-order valence-corrected chi connectivity index (χ0v) is 18.5.